The summed E-state index contributed by atoms with van der Waals surface area (Å²) in [5.74, 6) is -0.757. The Bertz CT molecular complexity index is 139. The summed E-state index contributed by atoms with van der Waals surface area (Å²) in [6.45, 7) is 3.12. The molecule has 0 aliphatic rings. The van der Waals surface area contributed by atoms with Gasteiger partial charge in [-0.2, -0.15) is 0 Å². The Morgan fingerprint density at radius 2 is 2.25 bits per heavy atom. The Balaban J connectivity index is 3.99. The highest BCUT2D eigenvalue weighted by Gasteiger charge is 2.20. The van der Waals surface area contributed by atoms with Crippen LogP contribution in [-0.4, -0.2) is 42.2 Å². The van der Waals surface area contributed by atoms with E-state index in [1.165, 1.54) is 0 Å². The quantitative estimate of drug-likeness (QED) is 0.600. The molecule has 0 saturated carbocycles. The van der Waals surface area contributed by atoms with Crippen LogP contribution >= 0.6 is 0 Å². The van der Waals surface area contributed by atoms with Crippen molar-refractivity contribution in [3.05, 3.63) is 0 Å². The lowest BCUT2D eigenvalue weighted by Crippen LogP contribution is -2.40. The molecule has 4 heteroatoms. The Kier molecular flexibility index (Phi) is 5.66. The molecule has 0 heterocycles. The van der Waals surface area contributed by atoms with E-state index in [9.17, 15) is 4.79 Å². The standard InChI is InChI=1S/C8H18N2O2/c1-3-4-7(8(11)12)10(2)6-5-9/h7H,3-6,9H2,1-2H3,(H,11,12). The minimum absolute atomic E-state index is 0.376. The van der Waals surface area contributed by atoms with Crippen molar-refractivity contribution in [1.29, 1.82) is 0 Å². The maximum atomic E-state index is 10.7. The minimum Gasteiger partial charge on any atom is -0.480 e. The van der Waals surface area contributed by atoms with Crippen LogP contribution in [0.4, 0.5) is 0 Å². The summed E-state index contributed by atoms with van der Waals surface area (Å²) in [5, 5.41) is 8.82. The molecule has 0 amide bonds. The molecule has 72 valence electrons. The second kappa shape index (κ2) is 5.97. The summed E-state index contributed by atoms with van der Waals surface area (Å²) in [4.78, 5) is 12.5. The van der Waals surface area contributed by atoms with Gasteiger partial charge in [-0.15, -0.1) is 0 Å². The molecule has 4 nitrogen and oxygen atoms in total. The van der Waals surface area contributed by atoms with Gasteiger partial charge in [-0.3, -0.25) is 9.69 Å². The summed E-state index contributed by atoms with van der Waals surface area (Å²) in [6, 6.07) is -0.376. The number of carbonyl (C=O) groups is 1. The van der Waals surface area contributed by atoms with E-state index in [0.717, 1.165) is 6.42 Å². The number of carboxylic acid groups (broad SMARTS) is 1. The van der Waals surface area contributed by atoms with E-state index < -0.39 is 5.97 Å². The van der Waals surface area contributed by atoms with Crippen molar-refractivity contribution in [2.45, 2.75) is 25.8 Å². The smallest absolute Gasteiger partial charge is 0.320 e. The lowest BCUT2D eigenvalue weighted by Gasteiger charge is -2.23. The normalized spacial score (nSPS) is 13.3. The van der Waals surface area contributed by atoms with Crippen molar-refractivity contribution in [2.75, 3.05) is 20.1 Å². The van der Waals surface area contributed by atoms with E-state index in [1.807, 2.05) is 6.92 Å². The number of nitrogens with two attached hydrogens (primary N) is 1. The number of hydrogen-bond acceptors (Lipinski definition) is 3. The zero-order valence-electron chi connectivity index (χ0n) is 7.79. The molecule has 0 radical (unpaired) electrons. The molecule has 0 spiro atoms. The molecule has 0 aliphatic heterocycles. The fraction of sp³-hybridized carbons (Fsp3) is 0.875. The maximum absolute atomic E-state index is 10.7. The highest BCUT2D eigenvalue weighted by Crippen LogP contribution is 2.04. The van der Waals surface area contributed by atoms with Crippen LogP contribution in [0, 0.1) is 0 Å². The zero-order valence-corrected chi connectivity index (χ0v) is 7.79. The topological polar surface area (TPSA) is 66.6 Å². The molecule has 12 heavy (non-hydrogen) atoms. The first-order chi connectivity index (χ1) is 5.63. The molecule has 0 rings (SSSR count). The van der Waals surface area contributed by atoms with Crippen molar-refractivity contribution < 1.29 is 9.90 Å². The second-order valence-corrected chi connectivity index (χ2v) is 2.91. The third kappa shape index (κ3) is 3.69. The van der Waals surface area contributed by atoms with Gasteiger partial charge in [0.2, 0.25) is 0 Å². The summed E-state index contributed by atoms with van der Waals surface area (Å²) in [5.41, 5.74) is 5.33. The Labute approximate surface area is 73.3 Å². The number of rotatable bonds is 6. The van der Waals surface area contributed by atoms with Crippen LogP contribution in [0.15, 0.2) is 0 Å². The van der Waals surface area contributed by atoms with Crippen molar-refractivity contribution in [1.82, 2.24) is 4.90 Å². The second-order valence-electron chi connectivity index (χ2n) is 2.91. The number of hydrogen-bond donors (Lipinski definition) is 2. The van der Waals surface area contributed by atoms with Crippen LogP contribution in [0.1, 0.15) is 19.8 Å². The first-order valence-corrected chi connectivity index (χ1v) is 4.26. The van der Waals surface area contributed by atoms with Gasteiger partial charge in [0.15, 0.2) is 0 Å². The van der Waals surface area contributed by atoms with E-state index in [0.29, 0.717) is 19.5 Å². The number of aliphatic carboxylic acids is 1. The van der Waals surface area contributed by atoms with Gasteiger partial charge in [0, 0.05) is 13.1 Å². The molecule has 3 N–H and O–H groups in total. The third-order valence-corrected chi connectivity index (χ3v) is 1.86. The molecular formula is C8H18N2O2. The molecule has 0 bridgehead atoms. The molecule has 1 atom stereocenters. The van der Waals surface area contributed by atoms with Crippen LogP contribution in [0.5, 0.6) is 0 Å². The van der Waals surface area contributed by atoms with Crippen LogP contribution < -0.4 is 5.73 Å². The Morgan fingerprint density at radius 1 is 1.67 bits per heavy atom. The molecular weight excluding hydrogens is 156 g/mol. The summed E-state index contributed by atoms with van der Waals surface area (Å²) in [6.07, 6.45) is 1.57. The summed E-state index contributed by atoms with van der Waals surface area (Å²) >= 11 is 0. The average Bonchev–Trinajstić information content (AvgIpc) is 1.99. The van der Waals surface area contributed by atoms with E-state index in [1.54, 1.807) is 11.9 Å². The molecule has 0 aromatic rings. The minimum atomic E-state index is -0.757. The highest BCUT2D eigenvalue weighted by molar-refractivity contribution is 5.73. The Hall–Kier alpha value is -0.610. The van der Waals surface area contributed by atoms with Crippen molar-refractivity contribution in [3.8, 4) is 0 Å². The number of nitrogens with zero attached hydrogens (tertiary/aromatic N) is 1. The number of likely N-dealkylation sites (N-methyl/N-ethyl adjacent to an activating group) is 1. The lowest BCUT2D eigenvalue weighted by atomic mass is 10.1. The SMILES string of the molecule is CCCC(C(=O)O)N(C)CCN. The van der Waals surface area contributed by atoms with Gasteiger partial charge in [0.1, 0.15) is 6.04 Å². The fourth-order valence-corrected chi connectivity index (χ4v) is 1.17. The first kappa shape index (κ1) is 11.4. The van der Waals surface area contributed by atoms with E-state index in [-0.39, 0.29) is 6.04 Å². The molecule has 0 aromatic carbocycles. The first-order valence-electron chi connectivity index (χ1n) is 4.26. The highest BCUT2D eigenvalue weighted by atomic mass is 16.4. The van der Waals surface area contributed by atoms with Crippen LogP contribution in [0.3, 0.4) is 0 Å². The molecule has 0 aromatic heterocycles. The van der Waals surface area contributed by atoms with Crippen molar-refractivity contribution in [2.24, 2.45) is 5.73 Å². The van der Waals surface area contributed by atoms with Crippen LogP contribution in [0.25, 0.3) is 0 Å². The van der Waals surface area contributed by atoms with Crippen molar-refractivity contribution in [3.63, 3.8) is 0 Å². The molecule has 1 unspecified atom stereocenters. The van der Waals surface area contributed by atoms with Gasteiger partial charge in [-0.05, 0) is 13.5 Å². The zero-order chi connectivity index (χ0) is 9.56. The largest absolute Gasteiger partial charge is 0.480 e. The van der Waals surface area contributed by atoms with Gasteiger partial charge >= 0.3 is 5.97 Å². The van der Waals surface area contributed by atoms with Crippen LogP contribution in [-0.2, 0) is 4.79 Å². The molecule has 0 fully saturated rings. The summed E-state index contributed by atoms with van der Waals surface area (Å²) in [7, 11) is 1.79. The van der Waals surface area contributed by atoms with E-state index >= 15 is 0 Å². The monoisotopic (exact) mass is 174 g/mol. The van der Waals surface area contributed by atoms with Gasteiger partial charge < -0.3 is 10.8 Å². The number of carboxylic acids is 1. The maximum Gasteiger partial charge on any atom is 0.320 e. The Morgan fingerprint density at radius 3 is 2.58 bits per heavy atom. The van der Waals surface area contributed by atoms with Gasteiger partial charge in [-0.25, -0.2) is 0 Å². The van der Waals surface area contributed by atoms with E-state index in [4.69, 9.17) is 10.8 Å². The van der Waals surface area contributed by atoms with Gasteiger partial charge in [-0.1, -0.05) is 13.3 Å². The molecule has 0 aliphatic carbocycles. The average molecular weight is 174 g/mol. The predicted molar refractivity (Wildman–Crippen MR) is 48.0 cm³/mol. The predicted octanol–water partition coefficient (Wildman–Crippen LogP) is 0.130. The van der Waals surface area contributed by atoms with Gasteiger partial charge in [0.25, 0.3) is 0 Å². The molecule has 0 saturated heterocycles. The van der Waals surface area contributed by atoms with E-state index in [2.05, 4.69) is 0 Å². The third-order valence-electron chi connectivity index (χ3n) is 1.86. The summed E-state index contributed by atoms with van der Waals surface area (Å²) < 4.78 is 0. The fourth-order valence-electron chi connectivity index (χ4n) is 1.17. The van der Waals surface area contributed by atoms with Crippen LogP contribution in [0.2, 0.25) is 0 Å². The lowest BCUT2D eigenvalue weighted by molar-refractivity contribution is -0.143. The van der Waals surface area contributed by atoms with Crippen molar-refractivity contribution >= 4 is 5.97 Å². The van der Waals surface area contributed by atoms with Gasteiger partial charge in [0.05, 0.1) is 0 Å².